The van der Waals surface area contributed by atoms with Gasteiger partial charge in [0.1, 0.15) is 24.1 Å². The Bertz CT molecular complexity index is 1270. The molecule has 8 N–H and O–H groups in total. The van der Waals surface area contributed by atoms with E-state index in [4.69, 9.17) is 25.2 Å². The van der Waals surface area contributed by atoms with Crippen LogP contribution in [0, 0.1) is 0 Å². The van der Waals surface area contributed by atoms with Crippen molar-refractivity contribution in [2.24, 2.45) is 0 Å². The maximum absolute atomic E-state index is 12.4. The number of aliphatic hydroxyl groups is 2. The topological polar surface area (TPSA) is 270 Å². The molecule has 0 saturated carbocycles. The van der Waals surface area contributed by atoms with E-state index in [-0.39, 0.29) is 5.82 Å². The fourth-order valence-electron chi connectivity index (χ4n) is 3.07. The number of aromatic nitrogens is 2. The molecule has 1 saturated heterocycles. The van der Waals surface area contributed by atoms with Crippen LogP contribution in [0.3, 0.4) is 0 Å². The zero-order valence-electron chi connectivity index (χ0n) is 17.2. The molecule has 0 spiro atoms. The van der Waals surface area contributed by atoms with Crippen LogP contribution in [0.5, 0.6) is 0 Å². The summed E-state index contributed by atoms with van der Waals surface area (Å²) >= 11 is 0. The van der Waals surface area contributed by atoms with E-state index in [1.807, 2.05) is 0 Å². The van der Waals surface area contributed by atoms with Crippen LogP contribution >= 0.6 is 23.5 Å². The Kier molecular flexibility index (Phi) is 8.16. The minimum atomic E-state index is -5.75. The molecular weight excluding hydrogens is 539 g/mol. The maximum Gasteiger partial charge on any atom is 0.490 e. The first kappa shape index (κ1) is 27.8. The van der Waals surface area contributed by atoms with Gasteiger partial charge >= 0.3 is 29.2 Å². The van der Waals surface area contributed by atoms with Crippen molar-refractivity contribution in [3.8, 4) is 11.1 Å². The second-order valence-corrected chi connectivity index (χ2v) is 11.4. The first-order valence-corrected chi connectivity index (χ1v) is 13.8. The Labute approximate surface area is 195 Å². The molecule has 2 heterocycles. The Morgan fingerprint density at radius 3 is 2.23 bits per heavy atom. The minimum absolute atomic E-state index is 0.116. The van der Waals surface area contributed by atoms with Gasteiger partial charge in [-0.15, -0.1) is 0 Å². The SMILES string of the molecule is Nc1nc(=O)n(C2OC(COP(=O)(O)OP(=O)(O)OP(=O)(O)O)C(O)C2O)cc1-c1ccccc1. The fourth-order valence-corrected chi connectivity index (χ4v) is 6.10. The van der Waals surface area contributed by atoms with Crippen LogP contribution in [0.25, 0.3) is 11.1 Å². The number of phosphoric acid groups is 3. The molecule has 0 amide bonds. The molecule has 2 aromatic rings. The zero-order valence-corrected chi connectivity index (χ0v) is 19.9. The quantitative estimate of drug-likeness (QED) is 0.190. The molecule has 3 rings (SSSR count). The number of hydrogen-bond acceptors (Lipinski definition) is 12. The molecular formula is C15H20N3O14P3. The number of aliphatic hydroxyl groups excluding tert-OH is 2. The maximum atomic E-state index is 12.4. The molecule has 6 atom stereocenters. The lowest BCUT2D eigenvalue weighted by Crippen LogP contribution is -2.36. The summed E-state index contributed by atoms with van der Waals surface area (Å²) in [6.07, 6.45) is -5.47. The van der Waals surface area contributed by atoms with Gasteiger partial charge in [-0.25, -0.2) is 18.5 Å². The van der Waals surface area contributed by atoms with Gasteiger partial charge in [0.05, 0.1) is 6.61 Å². The van der Waals surface area contributed by atoms with Crippen LogP contribution in [-0.2, 0) is 31.6 Å². The van der Waals surface area contributed by atoms with E-state index in [0.29, 0.717) is 11.1 Å². The van der Waals surface area contributed by atoms with Gasteiger partial charge in [0, 0.05) is 11.8 Å². The van der Waals surface area contributed by atoms with E-state index in [0.717, 1.165) is 4.57 Å². The summed E-state index contributed by atoms with van der Waals surface area (Å²) in [6.45, 7) is -1.04. The van der Waals surface area contributed by atoms with Crippen LogP contribution in [-0.4, -0.2) is 64.3 Å². The van der Waals surface area contributed by atoms with Gasteiger partial charge in [0.25, 0.3) is 0 Å². The van der Waals surface area contributed by atoms with E-state index in [1.54, 1.807) is 30.3 Å². The van der Waals surface area contributed by atoms with Crippen LogP contribution in [0.2, 0.25) is 0 Å². The first-order chi connectivity index (χ1) is 16.1. The van der Waals surface area contributed by atoms with E-state index < -0.39 is 60.3 Å². The lowest BCUT2D eigenvalue weighted by molar-refractivity contribution is -0.0540. The Morgan fingerprint density at radius 2 is 1.63 bits per heavy atom. The summed E-state index contributed by atoms with van der Waals surface area (Å²) in [5, 5.41) is 20.6. The number of nitrogen functional groups attached to an aromatic ring is 1. The highest BCUT2D eigenvalue weighted by atomic mass is 31.3. The molecule has 194 valence electrons. The van der Waals surface area contributed by atoms with E-state index in [2.05, 4.69) is 18.1 Å². The first-order valence-electron chi connectivity index (χ1n) is 9.32. The molecule has 1 aromatic heterocycles. The predicted molar refractivity (Wildman–Crippen MR) is 114 cm³/mol. The van der Waals surface area contributed by atoms with Crippen molar-refractivity contribution < 1.29 is 61.4 Å². The molecule has 6 unspecified atom stereocenters. The molecule has 0 aliphatic carbocycles. The third-order valence-electron chi connectivity index (χ3n) is 4.50. The molecule has 1 aromatic carbocycles. The lowest BCUT2D eigenvalue weighted by atomic mass is 10.1. The Morgan fingerprint density at radius 1 is 1.00 bits per heavy atom. The molecule has 1 fully saturated rings. The van der Waals surface area contributed by atoms with Gasteiger partial charge in [-0.1, -0.05) is 30.3 Å². The van der Waals surface area contributed by atoms with Crippen molar-refractivity contribution in [2.75, 3.05) is 12.3 Å². The number of rotatable bonds is 9. The van der Waals surface area contributed by atoms with Crippen molar-refractivity contribution in [3.05, 3.63) is 47.0 Å². The highest BCUT2D eigenvalue weighted by Gasteiger charge is 2.47. The van der Waals surface area contributed by atoms with Crippen LogP contribution in [0.1, 0.15) is 6.23 Å². The summed E-state index contributed by atoms with van der Waals surface area (Å²) in [5.41, 5.74) is 5.74. The van der Waals surface area contributed by atoms with Crippen molar-refractivity contribution >= 4 is 29.3 Å². The average molecular weight is 559 g/mol. The van der Waals surface area contributed by atoms with Gasteiger partial charge in [-0.05, 0) is 5.56 Å². The predicted octanol–water partition coefficient (Wildman–Crippen LogP) is -0.545. The largest absolute Gasteiger partial charge is 0.490 e. The number of anilines is 1. The third-order valence-corrected chi connectivity index (χ3v) is 8.30. The number of nitrogens with two attached hydrogens (primary N) is 1. The normalized spacial score (nSPS) is 26.2. The van der Waals surface area contributed by atoms with Gasteiger partial charge in [0.2, 0.25) is 0 Å². The van der Waals surface area contributed by atoms with E-state index in [1.165, 1.54) is 6.20 Å². The summed E-state index contributed by atoms with van der Waals surface area (Å²) in [6, 6.07) is 8.50. The number of nitrogens with zero attached hydrogens (tertiary/aromatic N) is 2. The smallest absolute Gasteiger partial charge is 0.387 e. The van der Waals surface area contributed by atoms with E-state index in [9.17, 15) is 33.6 Å². The van der Waals surface area contributed by atoms with Crippen LogP contribution in [0.15, 0.2) is 41.3 Å². The Hall–Kier alpha value is -1.81. The molecule has 1 aliphatic rings. The second-order valence-electron chi connectivity index (χ2n) is 7.03. The molecule has 0 radical (unpaired) electrons. The van der Waals surface area contributed by atoms with Gasteiger partial charge < -0.3 is 40.3 Å². The molecule has 0 bridgehead atoms. The Balaban J connectivity index is 1.76. The molecule has 17 nitrogen and oxygen atoms in total. The van der Waals surface area contributed by atoms with Gasteiger partial charge in [-0.3, -0.25) is 9.09 Å². The lowest BCUT2D eigenvalue weighted by Gasteiger charge is -2.19. The van der Waals surface area contributed by atoms with Crippen molar-refractivity contribution in [3.63, 3.8) is 0 Å². The van der Waals surface area contributed by atoms with Crippen LogP contribution < -0.4 is 11.4 Å². The van der Waals surface area contributed by atoms with Crippen molar-refractivity contribution in [2.45, 2.75) is 24.5 Å². The van der Waals surface area contributed by atoms with Crippen LogP contribution in [0.4, 0.5) is 5.82 Å². The highest BCUT2D eigenvalue weighted by Crippen LogP contribution is 2.66. The fraction of sp³-hybridized carbons (Fsp3) is 0.333. The van der Waals surface area contributed by atoms with Crippen molar-refractivity contribution in [1.29, 1.82) is 0 Å². The third kappa shape index (κ3) is 7.12. The number of hydrogen-bond donors (Lipinski definition) is 7. The highest BCUT2D eigenvalue weighted by molar-refractivity contribution is 7.66. The van der Waals surface area contributed by atoms with E-state index >= 15 is 0 Å². The minimum Gasteiger partial charge on any atom is -0.387 e. The zero-order chi connectivity index (χ0) is 26.2. The number of ether oxygens (including phenoxy) is 1. The molecule has 1 aliphatic heterocycles. The van der Waals surface area contributed by atoms with Gasteiger partial charge in [-0.2, -0.15) is 13.6 Å². The number of benzene rings is 1. The summed E-state index contributed by atoms with van der Waals surface area (Å²) in [7, 11) is -16.8. The second kappa shape index (κ2) is 10.3. The average Bonchev–Trinajstić information content (AvgIpc) is 2.99. The molecule has 20 heteroatoms. The molecule has 35 heavy (non-hydrogen) atoms. The monoisotopic (exact) mass is 559 g/mol. The summed E-state index contributed by atoms with van der Waals surface area (Å²) < 4.78 is 51.7. The standard InChI is InChI=1S/C15H20N3O14P3/c16-13-9(8-4-2-1-3-5-8)6-18(15(21)17-13)14-12(20)11(19)10(30-14)7-29-34(25,26)32-35(27,28)31-33(22,23)24/h1-6,10-12,14,19-20H,7H2,(H,25,26)(H,27,28)(H2,16,17,21)(H2,22,23,24). The summed E-state index contributed by atoms with van der Waals surface area (Å²) in [5.74, 6) is -0.116. The number of phosphoric ester groups is 1. The van der Waals surface area contributed by atoms with Gasteiger partial charge in [0.15, 0.2) is 6.23 Å². The van der Waals surface area contributed by atoms with Crippen molar-refractivity contribution in [1.82, 2.24) is 9.55 Å². The summed E-state index contributed by atoms with van der Waals surface area (Å²) in [4.78, 5) is 51.8.